The van der Waals surface area contributed by atoms with E-state index in [0.717, 1.165) is 11.3 Å². The highest BCUT2D eigenvalue weighted by Gasteiger charge is 2.19. The molecular formula is C45H27N3S. The molecule has 4 heteroatoms. The summed E-state index contributed by atoms with van der Waals surface area (Å²) in [6.07, 6.45) is 1.95. The maximum absolute atomic E-state index is 5.01. The van der Waals surface area contributed by atoms with Gasteiger partial charge in [-0.2, -0.15) is 0 Å². The smallest absolute Gasteiger partial charge is 0.155 e. The van der Waals surface area contributed by atoms with Crippen LogP contribution in [0.1, 0.15) is 0 Å². The Balaban J connectivity index is 1.13. The fourth-order valence-electron chi connectivity index (χ4n) is 7.99. The molecule has 0 radical (unpaired) electrons. The predicted octanol–water partition coefficient (Wildman–Crippen LogP) is 12.5. The second-order valence-corrected chi connectivity index (χ2v) is 13.8. The lowest BCUT2D eigenvalue weighted by Crippen LogP contribution is -1.97. The predicted molar refractivity (Wildman–Crippen MR) is 209 cm³/mol. The first-order valence-corrected chi connectivity index (χ1v) is 17.4. The summed E-state index contributed by atoms with van der Waals surface area (Å²) in [7, 11) is 0. The van der Waals surface area contributed by atoms with Crippen molar-refractivity contribution in [3.8, 4) is 22.6 Å². The summed E-state index contributed by atoms with van der Waals surface area (Å²) in [5.41, 5.74) is 8.36. The van der Waals surface area contributed by atoms with Crippen molar-refractivity contribution in [1.29, 1.82) is 0 Å². The van der Waals surface area contributed by atoms with Crippen LogP contribution in [0.15, 0.2) is 164 Å². The molecule has 4 heterocycles. The fraction of sp³-hybridized carbons (Fsp3) is 0. The van der Waals surface area contributed by atoms with Crippen molar-refractivity contribution in [2.45, 2.75) is 0 Å². The Hall–Kier alpha value is -6.23. The van der Waals surface area contributed by atoms with Crippen molar-refractivity contribution in [3.05, 3.63) is 164 Å². The van der Waals surface area contributed by atoms with Gasteiger partial charge in [0.1, 0.15) is 0 Å². The number of fused-ring (bicyclic) bond motifs is 10. The number of aromatic nitrogens is 3. The van der Waals surface area contributed by atoms with Crippen LogP contribution in [-0.4, -0.2) is 14.1 Å². The SMILES string of the molecule is c1ccc2c(-n3c4ccccc4c4cc(-c5ccc6c(c5)c5ccccc5n6-c5nccc6c5sc5ccccc56)ccc43)cccc2c1. The number of hydrogen-bond acceptors (Lipinski definition) is 2. The van der Waals surface area contributed by atoms with E-state index in [-0.39, 0.29) is 0 Å². The van der Waals surface area contributed by atoms with E-state index < -0.39 is 0 Å². The molecule has 0 aliphatic heterocycles. The molecule has 0 unspecified atom stereocenters. The number of rotatable bonds is 3. The minimum Gasteiger partial charge on any atom is -0.309 e. The molecule has 0 atom stereocenters. The lowest BCUT2D eigenvalue weighted by Gasteiger charge is -2.12. The van der Waals surface area contributed by atoms with Crippen molar-refractivity contribution < 1.29 is 0 Å². The molecule has 0 aliphatic carbocycles. The summed E-state index contributed by atoms with van der Waals surface area (Å²) in [5, 5.41) is 10.00. The van der Waals surface area contributed by atoms with E-state index in [1.54, 1.807) is 0 Å². The van der Waals surface area contributed by atoms with Crippen LogP contribution < -0.4 is 0 Å². The van der Waals surface area contributed by atoms with Gasteiger partial charge in [-0.3, -0.25) is 4.57 Å². The zero-order chi connectivity index (χ0) is 32.1. The van der Waals surface area contributed by atoms with Gasteiger partial charge in [0.05, 0.1) is 32.5 Å². The average Bonchev–Trinajstić information content (AvgIpc) is 3.82. The van der Waals surface area contributed by atoms with Gasteiger partial charge in [0.25, 0.3) is 0 Å². The maximum Gasteiger partial charge on any atom is 0.155 e. The molecule has 0 aliphatic rings. The minimum absolute atomic E-state index is 0.986. The van der Waals surface area contributed by atoms with E-state index in [1.165, 1.54) is 85.9 Å². The maximum atomic E-state index is 5.01. The van der Waals surface area contributed by atoms with Gasteiger partial charge < -0.3 is 4.57 Å². The number of nitrogens with zero attached hydrogens (tertiary/aromatic N) is 3. The second kappa shape index (κ2) is 10.1. The quantitative estimate of drug-likeness (QED) is 0.188. The third kappa shape index (κ3) is 3.80. The molecule has 11 rings (SSSR count). The molecule has 0 amide bonds. The Morgan fingerprint density at radius 3 is 1.73 bits per heavy atom. The van der Waals surface area contributed by atoms with Crippen LogP contribution in [0, 0.1) is 0 Å². The highest BCUT2D eigenvalue weighted by atomic mass is 32.1. The normalized spacial score (nSPS) is 12.1. The number of pyridine rings is 1. The van der Waals surface area contributed by atoms with Crippen LogP contribution in [0.2, 0.25) is 0 Å². The lowest BCUT2D eigenvalue weighted by atomic mass is 10.0. The van der Waals surface area contributed by atoms with Crippen LogP contribution in [0.25, 0.3) is 97.2 Å². The highest BCUT2D eigenvalue weighted by Crippen LogP contribution is 2.42. The first kappa shape index (κ1) is 26.8. The van der Waals surface area contributed by atoms with Gasteiger partial charge in [-0.05, 0) is 71.1 Å². The summed E-state index contributed by atoms with van der Waals surface area (Å²) < 4.78 is 7.28. The molecule has 7 aromatic carbocycles. The Morgan fingerprint density at radius 1 is 0.408 bits per heavy atom. The fourth-order valence-corrected chi connectivity index (χ4v) is 9.17. The third-order valence-corrected chi connectivity index (χ3v) is 11.4. The summed E-state index contributed by atoms with van der Waals surface area (Å²) in [5.74, 6) is 0.986. The third-order valence-electron chi connectivity index (χ3n) is 10.2. The van der Waals surface area contributed by atoms with Crippen LogP contribution in [0.4, 0.5) is 0 Å². The molecule has 11 aromatic rings. The van der Waals surface area contributed by atoms with Crippen molar-refractivity contribution >= 4 is 85.9 Å². The molecule has 0 N–H and O–H groups in total. The molecule has 3 nitrogen and oxygen atoms in total. The number of thiophene rings is 1. The van der Waals surface area contributed by atoms with Crippen LogP contribution >= 0.6 is 11.3 Å². The molecule has 0 saturated heterocycles. The summed E-state index contributed by atoms with van der Waals surface area (Å²) in [4.78, 5) is 5.01. The molecule has 0 bridgehead atoms. The monoisotopic (exact) mass is 641 g/mol. The Morgan fingerprint density at radius 2 is 0.980 bits per heavy atom. The number of para-hydroxylation sites is 2. The first-order chi connectivity index (χ1) is 24.3. The van der Waals surface area contributed by atoms with Crippen LogP contribution in [0.3, 0.4) is 0 Å². The lowest BCUT2D eigenvalue weighted by molar-refractivity contribution is 1.11. The zero-order valence-corrected chi connectivity index (χ0v) is 27.2. The number of benzene rings is 7. The van der Waals surface area contributed by atoms with Gasteiger partial charge in [-0.1, -0.05) is 103 Å². The molecule has 0 saturated carbocycles. The van der Waals surface area contributed by atoms with E-state index in [1.807, 2.05) is 17.5 Å². The Bertz CT molecular complexity index is 3120. The topological polar surface area (TPSA) is 22.8 Å². The van der Waals surface area contributed by atoms with Crippen molar-refractivity contribution in [2.24, 2.45) is 0 Å². The standard InChI is InChI=1S/C45H27N3S/c1-2-12-31-28(10-1)11-9-18-38(31)47-39-16-6-3-13-32(39)36-26-29(20-22-41(36)47)30-21-23-42-37(27-30)33-14-4-7-17-40(33)48(42)45-44-35(24-25-46-45)34-15-5-8-19-43(34)49-44/h1-27H. The first-order valence-electron chi connectivity index (χ1n) is 16.6. The number of hydrogen-bond donors (Lipinski definition) is 0. The summed E-state index contributed by atoms with van der Waals surface area (Å²) in [6.45, 7) is 0. The summed E-state index contributed by atoms with van der Waals surface area (Å²) in [6, 6.07) is 57.4. The van der Waals surface area contributed by atoms with E-state index in [2.05, 4.69) is 167 Å². The molecule has 0 spiro atoms. The van der Waals surface area contributed by atoms with Gasteiger partial charge >= 0.3 is 0 Å². The van der Waals surface area contributed by atoms with Crippen LogP contribution in [0.5, 0.6) is 0 Å². The summed E-state index contributed by atoms with van der Waals surface area (Å²) >= 11 is 1.82. The van der Waals surface area contributed by atoms with Crippen LogP contribution in [-0.2, 0) is 0 Å². The van der Waals surface area contributed by atoms with Crippen molar-refractivity contribution in [2.75, 3.05) is 0 Å². The van der Waals surface area contributed by atoms with Gasteiger partial charge in [0, 0.05) is 48.6 Å². The Kier molecular flexibility index (Phi) is 5.54. The van der Waals surface area contributed by atoms with E-state index in [4.69, 9.17) is 4.98 Å². The molecule has 49 heavy (non-hydrogen) atoms. The van der Waals surface area contributed by atoms with Gasteiger partial charge in [-0.25, -0.2) is 4.98 Å². The van der Waals surface area contributed by atoms with Crippen molar-refractivity contribution in [3.63, 3.8) is 0 Å². The molecule has 0 fully saturated rings. The average molecular weight is 642 g/mol. The molecule has 228 valence electrons. The molecular weight excluding hydrogens is 615 g/mol. The van der Waals surface area contributed by atoms with Crippen molar-refractivity contribution in [1.82, 2.24) is 14.1 Å². The van der Waals surface area contributed by atoms with E-state index in [0.29, 0.717) is 0 Å². The Labute approximate surface area is 285 Å². The van der Waals surface area contributed by atoms with E-state index >= 15 is 0 Å². The zero-order valence-electron chi connectivity index (χ0n) is 26.3. The minimum atomic E-state index is 0.986. The molecule has 4 aromatic heterocycles. The largest absolute Gasteiger partial charge is 0.309 e. The highest BCUT2D eigenvalue weighted by molar-refractivity contribution is 7.26. The van der Waals surface area contributed by atoms with E-state index in [9.17, 15) is 0 Å². The van der Waals surface area contributed by atoms with Gasteiger partial charge in [0.15, 0.2) is 5.82 Å². The van der Waals surface area contributed by atoms with Gasteiger partial charge in [-0.15, -0.1) is 11.3 Å². The van der Waals surface area contributed by atoms with Gasteiger partial charge in [0.2, 0.25) is 0 Å². The second-order valence-electron chi connectivity index (χ2n) is 12.8.